The predicted octanol–water partition coefficient (Wildman–Crippen LogP) is 3.06. The fourth-order valence-electron chi connectivity index (χ4n) is 2.94. The molecule has 2 heterocycles. The maximum Gasteiger partial charge on any atom is 0.263 e. The molecule has 28 heavy (non-hydrogen) atoms. The molecule has 0 radical (unpaired) electrons. The van der Waals surface area contributed by atoms with Gasteiger partial charge in [-0.2, -0.15) is 0 Å². The van der Waals surface area contributed by atoms with Crippen molar-refractivity contribution in [2.75, 3.05) is 16.2 Å². The van der Waals surface area contributed by atoms with Crippen LogP contribution in [0.5, 0.6) is 5.75 Å². The van der Waals surface area contributed by atoms with Crippen molar-refractivity contribution in [3.05, 3.63) is 23.2 Å². The number of hydrogen-bond donors (Lipinski definition) is 1. The summed E-state index contributed by atoms with van der Waals surface area (Å²) in [6.45, 7) is 9.65. The van der Waals surface area contributed by atoms with Crippen molar-refractivity contribution in [3.8, 4) is 5.75 Å². The minimum absolute atomic E-state index is 0.0291. The molecule has 1 N–H and O–H groups in total. The number of fused-ring (bicyclic) bond motifs is 1. The van der Waals surface area contributed by atoms with E-state index in [1.807, 2.05) is 13.8 Å². The summed E-state index contributed by atoms with van der Waals surface area (Å²) in [5.74, 6) is 0.697. The van der Waals surface area contributed by atoms with Crippen molar-refractivity contribution in [3.63, 3.8) is 0 Å². The van der Waals surface area contributed by atoms with Crippen LogP contribution in [-0.4, -0.2) is 36.7 Å². The van der Waals surface area contributed by atoms with Gasteiger partial charge in [0, 0.05) is 13.3 Å². The van der Waals surface area contributed by atoms with Crippen molar-refractivity contribution in [1.29, 1.82) is 0 Å². The van der Waals surface area contributed by atoms with E-state index in [1.54, 1.807) is 6.07 Å². The highest BCUT2D eigenvalue weighted by Crippen LogP contribution is 2.38. The largest absolute Gasteiger partial charge is 0.484 e. The molecule has 0 spiro atoms. The summed E-state index contributed by atoms with van der Waals surface area (Å²) in [6, 6.07) is 4.48. The van der Waals surface area contributed by atoms with Crippen LogP contribution in [0.1, 0.15) is 39.6 Å². The molecule has 8 nitrogen and oxygen atoms in total. The number of rotatable bonds is 5. The molecule has 1 aliphatic heterocycles. The van der Waals surface area contributed by atoms with E-state index >= 15 is 0 Å². The van der Waals surface area contributed by atoms with E-state index in [1.165, 1.54) is 35.3 Å². The topological polar surface area (TPSA) is 101 Å². The predicted molar refractivity (Wildman–Crippen MR) is 108 cm³/mol. The van der Waals surface area contributed by atoms with Gasteiger partial charge in [-0.3, -0.25) is 9.52 Å². The molecule has 0 saturated heterocycles. The zero-order valence-corrected chi connectivity index (χ0v) is 18.1. The van der Waals surface area contributed by atoms with E-state index in [0.717, 1.165) is 11.4 Å². The molecule has 0 saturated carbocycles. The SMILES string of the molecule is CC(=O)N1CC(C)(C)Oc2ccc(S(=O)(=O)Nc3nnc(CC(C)C)s3)cc21. The molecule has 2 aromatic rings. The summed E-state index contributed by atoms with van der Waals surface area (Å²) < 4.78 is 34.0. The molecule has 0 aliphatic carbocycles. The number of ether oxygens (including phenoxy) is 1. The van der Waals surface area contributed by atoms with Gasteiger partial charge < -0.3 is 9.64 Å². The van der Waals surface area contributed by atoms with Gasteiger partial charge in [0.05, 0.1) is 17.1 Å². The summed E-state index contributed by atoms with van der Waals surface area (Å²) in [4.78, 5) is 13.6. The highest BCUT2D eigenvalue weighted by molar-refractivity contribution is 7.93. The van der Waals surface area contributed by atoms with E-state index < -0.39 is 15.6 Å². The van der Waals surface area contributed by atoms with Gasteiger partial charge in [0.25, 0.3) is 10.0 Å². The smallest absolute Gasteiger partial charge is 0.263 e. The van der Waals surface area contributed by atoms with E-state index in [9.17, 15) is 13.2 Å². The van der Waals surface area contributed by atoms with E-state index in [0.29, 0.717) is 23.9 Å². The summed E-state index contributed by atoms with van der Waals surface area (Å²) in [7, 11) is -3.88. The Morgan fingerprint density at radius 2 is 2.07 bits per heavy atom. The van der Waals surface area contributed by atoms with Crippen molar-refractivity contribution in [1.82, 2.24) is 10.2 Å². The molecule has 0 bridgehead atoms. The van der Waals surface area contributed by atoms with Gasteiger partial charge in [-0.05, 0) is 38.0 Å². The molecule has 0 unspecified atom stereocenters. The Labute approximate surface area is 169 Å². The lowest BCUT2D eigenvalue weighted by Crippen LogP contribution is -2.48. The molecule has 0 atom stereocenters. The zero-order valence-electron chi connectivity index (χ0n) is 16.5. The number of anilines is 2. The molecule has 1 amide bonds. The molecule has 1 aromatic heterocycles. The Morgan fingerprint density at radius 3 is 2.71 bits per heavy atom. The third-order valence-electron chi connectivity index (χ3n) is 4.11. The minimum Gasteiger partial charge on any atom is -0.484 e. The van der Waals surface area contributed by atoms with Crippen molar-refractivity contribution in [2.24, 2.45) is 5.92 Å². The lowest BCUT2D eigenvalue weighted by Gasteiger charge is -2.39. The maximum absolute atomic E-state index is 12.8. The van der Waals surface area contributed by atoms with Crippen LogP contribution in [0.3, 0.4) is 0 Å². The normalized spacial score (nSPS) is 15.9. The van der Waals surface area contributed by atoms with Gasteiger partial charge in [-0.15, -0.1) is 10.2 Å². The molecule has 152 valence electrons. The first kappa shape index (κ1) is 20.5. The third-order valence-corrected chi connectivity index (χ3v) is 6.43. The Hall–Kier alpha value is -2.20. The number of amides is 1. The monoisotopic (exact) mass is 424 g/mol. The highest BCUT2D eigenvalue weighted by Gasteiger charge is 2.34. The van der Waals surface area contributed by atoms with Gasteiger partial charge in [-0.1, -0.05) is 25.2 Å². The lowest BCUT2D eigenvalue weighted by molar-refractivity contribution is -0.117. The number of nitrogens with one attached hydrogen (secondary N) is 1. The van der Waals surface area contributed by atoms with Crippen LogP contribution in [0, 0.1) is 5.92 Å². The van der Waals surface area contributed by atoms with Gasteiger partial charge in [0.1, 0.15) is 16.4 Å². The zero-order chi connectivity index (χ0) is 20.7. The Bertz CT molecular complexity index is 999. The van der Waals surface area contributed by atoms with Crippen molar-refractivity contribution in [2.45, 2.75) is 51.5 Å². The van der Waals surface area contributed by atoms with Crippen molar-refractivity contribution < 1.29 is 17.9 Å². The number of aromatic nitrogens is 2. The summed E-state index contributed by atoms with van der Waals surface area (Å²) in [5.41, 5.74) is -0.121. The molecule has 10 heteroatoms. The minimum atomic E-state index is -3.88. The fraction of sp³-hybridized carbons (Fsp3) is 0.500. The first-order chi connectivity index (χ1) is 13.0. The Morgan fingerprint density at radius 1 is 1.36 bits per heavy atom. The maximum atomic E-state index is 12.8. The Balaban J connectivity index is 1.90. The first-order valence-corrected chi connectivity index (χ1v) is 11.2. The second-order valence-corrected chi connectivity index (χ2v) is 10.5. The van der Waals surface area contributed by atoms with Gasteiger partial charge >= 0.3 is 0 Å². The van der Waals surface area contributed by atoms with Crippen LogP contribution >= 0.6 is 11.3 Å². The number of hydrogen-bond acceptors (Lipinski definition) is 7. The quantitative estimate of drug-likeness (QED) is 0.792. The molecular weight excluding hydrogens is 400 g/mol. The lowest BCUT2D eigenvalue weighted by atomic mass is 10.1. The average Bonchev–Trinajstić information content (AvgIpc) is 2.98. The average molecular weight is 425 g/mol. The number of nitrogens with zero attached hydrogens (tertiary/aromatic N) is 3. The standard InChI is InChI=1S/C18H24N4O4S2/c1-11(2)8-16-19-20-17(27-16)21-28(24,25)13-6-7-15-14(9-13)22(12(3)23)10-18(4,5)26-15/h6-7,9,11H,8,10H2,1-5H3,(H,20,21). The van der Waals surface area contributed by atoms with Gasteiger partial charge in [0.15, 0.2) is 0 Å². The van der Waals surface area contributed by atoms with Gasteiger partial charge in [-0.25, -0.2) is 8.42 Å². The van der Waals surface area contributed by atoms with E-state index in [4.69, 9.17) is 4.74 Å². The third kappa shape index (κ3) is 4.44. The highest BCUT2D eigenvalue weighted by atomic mass is 32.2. The number of sulfonamides is 1. The van der Waals surface area contributed by atoms with E-state index in [-0.39, 0.29) is 15.9 Å². The van der Waals surface area contributed by atoms with Crippen LogP contribution in [-0.2, 0) is 21.2 Å². The summed E-state index contributed by atoms with van der Waals surface area (Å²) >= 11 is 1.21. The summed E-state index contributed by atoms with van der Waals surface area (Å²) in [5, 5.41) is 8.93. The molecular formula is C18H24N4O4S2. The van der Waals surface area contributed by atoms with Crippen LogP contribution < -0.4 is 14.4 Å². The molecule has 1 aliphatic rings. The molecule has 3 rings (SSSR count). The number of carbonyl (C=O) groups excluding carboxylic acids is 1. The van der Waals surface area contributed by atoms with E-state index in [2.05, 4.69) is 28.8 Å². The van der Waals surface area contributed by atoms with Crippen LogP contribution in [0.25, 0.3) is 0 Å². The number of carbonyl (C=O) groups is 1. The van der Waals surface area contributed by atoms with Gasteiger partial charge in [0.2, 0.25) is 11.0 Å². The van der Waals surface area contributed by atoms with Crippen LogP contribution in [0.4, 0.5) is 10.8 Å². The fourth-order valence-corrected chi connectivity index (χ4v) is 5.14. The second kappa shape index (κ2) is 7.32. The van der Waals surface area contributed by atoms with Crippen molar-refractivity contribution >= 4 is 38.1 Å². The van der Waals surface area contributed by atoms with Crippen LogP contribution in [0.15, 0.2) is 23.1 Å². The first-order valence-electron chi connectivity index (χ1n) is 8.93. The Kier molecular flexibility index (Phi) is 5.37. The molecule has 1 aromatic carbocycles. The summed E-state index contributed by atoms with van der Waals surface area (Å²) in [6.07, 6.45) is 0.735. The number of benzene rings is 1. The molecule has 0 fully saturated rings. The second-order valence-electron chi connectivity index (χ2n) is 7.80. The van der Waals surface area contributed by atoms with Crippen LogP contribution in [0.2, 0.25) is 0 Å².